The van der Waals surface area contributed by atoms with Crippen LogP contribution in [0.1, 0.15) is 53.4 Å². The summed E-state index contributed by atoms with van der Waals surface area (Å²) in [5.41, 5.74) is -2.85. The van der Waals surface area contributed by atoms with E-state index in [1.54, 1.807) is 0 Å². The lowest BCUT2D eigenvalue weighted by molar-refractivity contribution is -0.523. The van der Waals surface area contributed by atoms with E-state index in [2.05, 4.69) is 19.2 Å². The van der Waals surface area contributed by atoms with E-state index < -0.39 is 40.2 Å². The van der Waals surface area contributed by atoms with E-state index in [0.29, 0.717) is 13.0 Å². The molecule has 7 nitrogen and oxygen atoms in total. The molecule has 0 radical (unpaired) electrons. The fourth-order valence-electron chi connectivity index (χ4n) is 9.38. The summed E-state index contributed by atoms with van der Waals surface area (Å²) in [7, 11) is 0. The van der Waals surface area contributed by atoms with Crippen molar-refractivity contribution in [2.45, 2.75) is 82.7 Å². The van der Waals surface area contributed by atoms with E-state index in [-0.39, 0.29) is 41.3 Å². The Morgan fingerprint density at radius 3 is 2.57 bits per heavy atom. The lowest BCUT2D eigenvalue weighted by atomic mass is 9.35. The number of carbonyl (C=O) groups excluding carboxylic acids is 2. The van der Waals surface area contributed by atoms with Crippen LogP contribution in [0.15, 0.2) is 0 Å². The maximum atomic E-state index is 14.3. The molecule has 4 saturated heterocycles. The lowest BCUT2D eigenvalue weighted by Crippen LogP contribution is -2.88. The third-order valence-electron chi connectivity index (χ3n) is 10.3. The van der Waals surface area contributed by atoms with Gasteiger partial charge in [-0.3, -0.25) is 9.59 Å². The Morgan fingerprint density at radius 1 is 1.13 bits per heavy atom. The number of fused-ring (bicyclic) bond motifs is 2. The summed E-state index contributed by atoms with van der Waals surface area (Å²) in [6.07, 6.45) is 1.37. The highest BCUT2D eigenvalue weighted by Crippen LogP contribution is 2.79. The van der Waals surface area contributed by atoms with Crippen molar-refractivity contribution in [2.75, 3.05) is 13.2 Å². The summed E-state index contributed by atoms with van der Waals surface area (Å²) in [5, 5.41) is 15.4. The molecule has 3 unspecified atom stereocenters. The van der Waals surface area contributed by atoms with Gasteiger partial charge in [0.15, 0.2) is 11.6 Å². The minimum atomic E-state index is -1.46. The monoisotopic (exact) mass is 417 g/mol. The third kappa shape index (κ3) is 1.53. The molecule has 0 aromatic carbocycles. The van der Waals surface area contributed by atoms with Crippen molar-refractivity contribution in [3.8, 4) is 0 Å². The highest BCUT2D eigenvalue weighted by Gasteiger charge is 2.93. The molecule has 30 heavy (non-hydrogen) atoms. The van der Waals surface area contributed by atoms with Crippen molar-refractivity contribution in [1.29, 1.82) is 0 Å². The van der Waals surface area contributed by atoms with E-state index in [1.807, 2.05) is 13.8 Å². The van der Waals surface area contributed by atoms with Crippen LogP contribution in [0.2, 0.25) is 0 Å². The SMILES string of the molecule is CC1(C)O[C@@H]2[C@H]3CCC4[C@@]56CO[C@](O1)([C@@H](O)C5C(C)(C)CCC6=O)[C@]42C(=O)C31CN1. The second kappa shape index (κ2) is 4.74. The zero-order valence-corrected chi connectivity index (χ0v) is 18.1. The topological polar surface area (TPSA) is 104 Å². The van der Waals surface area contributed by atoms with Gasteiger partial charge >= 0.3 is 0 Å². The Morgan fingerprint density at radius 2 is 1.87 bits per heavy atom. The Balaban J connectivity index is 1.56. The lowest BCUT2D eigenvalue weighted by Gasteiger charge is -2.76. The normalized spacial score (nSPS) is 61.0. The number of aliphatic hydroxyl groups is 1. The van der Waals surface area contributed by atoms with E-state index >= 15 is 0 Å². The van der Waals surface area contributed by atoms with E-state index in [9.17, 15) is 14.7 Å². The number of ether oxygens (including phenoxy) is 3. The van der Waals surface area contributed by atoms with Crippen LogP contribution in [0.3, 0.4) is 0 Å². The van der Waals surface area contributed by atoms with Crippen LogP contribution in [0, 0.1) is 34.0 Å². The van der Waals surface area contributed by atoms with Crippen molar-refractivity contribution in [2.24, 2.45) is 34.0 Å². The van der Waals surface area contributed by atoms with Crippen molar-refractivity contribution in [3.63, 3.8) is 0 Å². The second-order valence-electron chi connectivity index (χ2n) is 12.1. The predicted molar refractivity (Wildman–Crippen MR) is 103 cm³/mol. The largest absolute Gasteiger partial charge is 0.387 e. The highest BCUT2D eigenvalue weighted by molar-refractivity contribution is 6.03. The molecule has 4 aliphatic heterocycles. The van der Waals surface area contributed by atoms with Crippen LogP contribution in [0.4, 0.5) is 0 Å². The zero-order chi connectivity index (χ0) is 21.1. The number of nitrogens with one attached hydrogen (secondary N) is 1. The van der Waals surface area contributed by atoms with Crippen LogP contribution in [-0.2, 0) is 23.8 Å². The van der Waals surface area contributed by atoms with Crippen LogP contribution in [0.25, 0.3) is 0 Å². The molecule has 164 valence electrons. The predicted octanol–water partition coefficient (Wildman–Crippen LogP) is 1.17. The molecule has 8 aliphatic rings. The molecule has 2 N–H and O–H groups in total. The molecule has 4 aliphatic carbocycles. The van der Waals surface area contributed by atoms with E-state index in [0.717, 1.165) is 19.3 Å². The Kier molecular flexibility index (Phi) is 2.95. The average Bonchev–Trinajstić information content (AvgIpc) is 3.45. The first kappa shape index (κ1) is 18.7. The highest BCUT2D eigenvalue weighted by atomic mass is 16.8. The van der Waals surface area contributed by atoms with E-state index in [1.165, 1.54) is 0 Å². The van der Waals surface area contributed by atoms with Gasteiger partial charge < -0.3 is 24.6 Å². The van der Waals surface area contributed by atoms with Crippen LogP contribution in [0.5, 0.6) is 0 Å². The number of carbonyl (C=O) groups is 2. The van der Waals surface area contributed by atoms with Gasteiger partial charge in [0, 0.05) is 24.8 Å². The molecule has 8 fully saturated rings. The molecule has 7 heteroatoms. The second-order valence-corrected chi connectivity index (χ2v) is 12.1. The summed E-state index contributed by atoms with van der Waals surface area (Å²) in [6.45, 7) is 8.84. The Hall–Kier alpha value is -0.860. The summed E-state index contributed by atoms with van der Waals surface area (Å²) in [5.74, 6) is -2.73. The number of ketones is 2. The fourth-order valence-corrected chi connectivity index (χ4v) is 9.38. The third-order valence-corrected chi connectivity index (χ3v) is 10.3. The number of hydrogen-bond acceptors (Lipinski definition) is 7. The first-order valence-corrected chi connectivity index (χ1v) is 11.5. The van der Waals surface area contributed by atoms with Crippen LogP contribution in [-0.4, -0.2) is 59.1 Å². The molecular weight excluding hydrogens is 386 g/mol. The molecule has 0 aromatic rings. The molecule has 0 amide bonds. The minimum absolute atomic E-state index is 0.0259. The average molecular weight is 418 g/mol. The summed E-state index contributed by atoms with van der Waals surface area (Å²) in [4.78, 5) is 28.0. The van der Waals surface area contributed by atoms with Crippen molar-refractivity contribution >= 4 is 11.6 Å². The fraction of sp³-hybridized carbons (Fsp3) is 0.913. The standard InChI is InChI=1S/C23H31NO6/c1-18(2)8-7-13(25)20-10-28-23(15(26)14(18)20)22-12(20)6-5-11(21(9-24-21)17(22)27)16(22)29-19(3,4)30-23/h11-12,14-16,24,26H,5-10H2,1-4H3/t11-,12?,14?,15+,16-,20-,21?,22-,23+/m1/s1. The molecule has 4 spiro atoms. The van der Waals surface area contributed by atoms with Crippen LogP contribution < -0.4 is 5.32 Å². The van der Waals surface area contributed by atoms with Crippen molar-refractivity contribution in [3.05, 3.63) is 0 Å². The van der Waals surface area contributed by atoms with Gasteiger partial charge in [-0.05, 0) is 44.4 Å². The molecule has 4 bridgehead atoms. The molecule has 9 atom stereocenters. The first-order valence-electron chi connectivity index (χ1n) is 11.5. The minimum Gasteiger partial charge on any atom is -0.387 e. The zero-order valence-electron chi connectivity index (χ0n) is 18.1. The number of aliphatic hydroxyl groups excluding tert-OH is 1. The van der Waals surface area contributed by atoms with Gasteiger partial charge in [-0.2, -0.15) is 0 Å². The summed E-state index contributed by atoms with van der Waals surface area (Å²) < 4.78 is 19.5. The van der Waals surface area contributed by atoms with Gasteiger partial charge in [0.2, 0.25) is 5.79 Å². The maximum absolute atomic E-state index is 14.3. The van der Waals surface area contributed by atoms with Gasteiger partial charge in [0.25, 0.3) is 0 Å². The number of Topliss-reactive ketones (excluding diaryl/α,β-unsaturated/α-hetero) is 2. The Labute approximate surface area is 176 Å². The first-order chi connectivity index (χ1) is 14.0. The van der Waals surface area contributed by atoms with Gasteiger partial charge in [-0.25, -0.2) is 0 Å². The maximum Gasteiger partial charge on any atom is 0.213 e. The summed E-state index contributed by atoms with van der Waals surface area (Å²) >= 11 is 0. The van der Waals surface area contributed by atoms with Gasteiger partial charge in [0.05, 0.1) is 23.7 Å². The van der Waals surface area contributed by atoms with E-state index in [4.69, 9.17) is 14.2 Å². The van der Waals surface area contributed by atoms with Gasteiger partial charge in [-0.15, -0.1) is 0 Å². The number of rotatable bonds is 0. The molecule has 4 saturated carbocycles. The van der Waals surface area contributed by atoms with Crippen molar-refractivity contribution in [1.82, 2.24) is 5.32 Å². The Bertz CT molecular complexity index is 909. The molecular formula is C23H31NO6. The van der Waals surface area contributed by atoms with Gasteiger partial charge in [-0.1, -0.05) is 13.8 Å². The molecule has 4 heterocycles. The number of hydrogen-bond donors (Lipinski definition) is 2. The molecule has 0 aromatic heterocycles. The van der Waals surface area contributed by atoms with Gasteiger partial charge in [0.1, 0.15) is 17.3 Å². The van der Waals surface area contributed by atoms with Crippen LogP contribution >= 0.6 is 0 Å². The summed E-state index contributed by atoms with van der Waals surface area (Å²) in [6, 6.07) is 0. The van der Waals surface area contributed by atoms with Crippen molar-refractivity contribution < 1.29 is 28.9 Å². The smallest absolute Gasteiger partial charge is 0.213 e. The quantitative estimate of drug-likeness (QED) is 0.570. The molecule has 8 rings (SSSR count).